The molecule has 0 bridgehead atoms. The van der Waals surface area contributed by atoms with Crippen LogP contribution < -0.4 is 16.4 Å². The quantitative estimate of drug-likeness (QED) is 0.700. The van der Waals surface area contributed by atoms with Crippen LogP contribution in [0.15, 0.2) is 54.6 Å². The molecule has 2 aromatic rings. The van der Waals surface area contributed by atoms with Crippen LogP contribution in [-0.2, 0) is 17.8 Å². The van der Waals surface area contributed by atoms with E-state index in [9.17, 15) is 4.79 Å². The number of nitrogens with one attached hydrogen (secondary N) is 2. The maximum atomic E-state index is 10.9. The van der Waals surface area contributed by atoms with E-state index in [0.29, 0.717) is 0 Å². The summed E-state index contributed by atoms with van der Waals surface area (Å²) in [7, 11) is 0. The van der Waals surface area contributed by atoms with E-state index in [1.807, 2.05) is 18.2 Å². The van der Waals surface area contributed by atoms with Crippen LogP contribution in [0.1, 0.15) is 18.1 Å². The van der Waals surface area contributed by atoms with Crippen LogP contribution in [0.3, 0.4) is 0 Å². The molecule has 0 aliphatic heterocycles. The Labute approximate surface area is 131 Å². The van der Waals surface area contributed by atoms with Gasteiger partial charge in [0.15, 0.2) is 0 Å². The van der Waals surface area contributed by atoms with Crippen molar-refractivity contribution in [3.8, 4) is 0 Å². The minimum atomic E-state index is -0.319. The van der Waals surface area contributed by atoms with Crippen molar-refractivity contribution < 1.29 is 4.79 Å². The summed E-state index contributed by atoms with van der Waals surface area (Å²) in [5.74, 6) is -0.319. The zero-order valence-electron chi connectivity index (χ0n) is 12.9. The Balaban J connectivity index is 1.76. The van der Waals surface area contributed by atoms with Crippen LogP contribution in [0.25, 0.3) is 0 Å². The second-order valence-electron chi connectivity index (χ2n) is 5.36. The maximum absolute atomic E-state index is 10.9. The number of hydrogen-bond acceptors (Lipinski definition) is 3. The van der Waals surface area contributed by atoms with Crippen LogP contribution in [0.2, 0.25) is 0 Å². The molecule has 22 heavy (non-hydrogen) atoms. The van der Waals surface area contributed by atoms with Crippen molar-refractivity contribution >= 4 is 11.6 Å². The molecule has 0 unspecified atom stereocenters. The zero-order chi connectivity index (χ0) is 15.8. The molecule has 116 valence electrons. The first kappa shape index (κ1) is 16.0. The molecule has 0 aliphatic rings. The molecule has 1 amide bonds. The van der Waals surface area contributed by atoms with Crippen molar-refractivity contribution in [1.29, 1.82) is 0 Å². The summed E-state index contributed by atoms with van der Waals surface area (Å²) in [5, 5.41) is 6.50. The van der Waals surface area contributed by atoms with E-state index in [2.05, 4.69) is 47.0 Å². The summed E-state index contributed by atoms with van der Waals surface area (Å²) < 4.78 is 0. The zero-order valence-corrected chi connectivity index (χ0v) is 12.9. The van der Waals surface area contributed by atoms with Crippen molar-refractivity contribution in [2.45, 2.75) is 25.9 Å². The van der Waals surface area contributed by atoms with Crippen molar-refractivity contribution in [3.63, 3.8) is 0 Å². The van der Waals surface area contributed by atoms with Gasteiger partial charge >= 0.3 is 0 Å². The van der Waals surface area contributed by atoms with Crippen molar-refractivity contribution in [1.82, 2.24) is 5.32 Å². The summed E-state index contributed by atoms with van der Waals surface area (Å²) in [4.78, 5) is 10.9. The third-order valence-corrected chi connectivity index (χ3v) is 3.58. The monoisotopic (exact) mass is 297 g/mol. The largest absolute Gasteiger partial charge is 0.381 e. The fourth-order valence-corrected chi connectivity index (χ4v) is 2.12. The molecule has 0 aliphatic carbocycles. The molecule has 4 nitrogen and oxygen atoms in total. The molecule has 0 spiro atoms. The molecule has 0 saturated heterocycles. The molecule has 4 heteroatoms. The van der Waals surface area contributed by atoms with Crippen molar-refractivity contribution in [2.75, 3.05) is 11.9 Å². The fourth-order valence-electron chi connectivity index (χ4n) is 2.12. The Morgan fingerprint density at radius 1 is 1.05 bits per heavy atom. The van der Waals surface area contributed by atoms with Crippen LogP contribution in [0.4, 0.5) is 5.69 Å². The SMILES string of the molecule is C[C@H](NCCc1ccc(NCc2ccccc2)cc1)C(N)=O. The minimum Gasteiger partial charge on any atom is -0.381 e. The van der Waals surface area contributed by atoms with Gasteiger partial charge in [-0.1, -0.05) is 42.5 Å². The first-order chi connectivity index (χ1) is 10.6. The van der Waals surface area contributed by atoms with E-state index in [4.69, 9.17) is 5.73 Å². The van der Waals surface area contributed by atoms with E-state index in [1.165, 1.54) is 11.1 Å². The summed E-state index contributed by atoms with van der Waals surface area (Å²) >= 11 is 0. The van der Waals surface area contributed by atoms with Gasteiger partial charge in [0.2, 0.25) is 5.91 Å². The summed E-state index contributed by atoms with van der Waals surface area (Å²) in [6.07, 6.45) is 0.872. The van der Waals surface area contributed by atoms with Gasteiger partial charge < -0.3 is 16.4 Å². The average molecular weight is 297 g/mol. The number of hydrogen-bond donors (Lipinski definition) is 3. The van der Waals surface area contributed by atoms with Crippen molar-refractivity contribution in [3.05, 3.63) is 65.7 Å². The Hall–Kier alpha value is -2.33. The molecule has 0 radical (unpaired) electrons. The summed E-state index contributed by atoms with van der Waals surface area (Å²) in [6, 6.07) is 18.4. The van der Waals surface area contributed by atoms with Gasteiger partial charge in [0, 0.05) is 12.2 Å². The lowest BCUT2D eigenvalue weighted by molar-refractivity contribution is -0.119. The Morgan fingerprint density at radius 3 is 2.36 bits per heavy atom. The van der Waals surface area contributed by atoms with E-state index in [-0.39, 0.29) is 11.9 Å². The summed E-state index contributed by atoms with van der Waals surface area (Å²) in [6.45, 7) is 3.33. The maximum Gasteiger partial charge on any atom is 0.234 e. The fraction of sp³-hybridized carbons (Fsp3) is 0.278. The number of rotatable bonds is 8. The molecule has 0 aromatic heterocycles. The van der Waals surface area contributed by atoms with Gasteiger partial charge in [0.05, 0.1) is 6.04 Å². The van der Waals surface area contributed by atoms with Crippen LogP contribution >= 0.6 is 0 Å². The standard InChI is InChI=1S/C18H23N3O/c1-14(18(19)22)20-12-11-15-7-9-17(10-8-15)21-13-16-5-3-2-4-6-16/h2-10,14,20-21H,11-13H2,1H3,(H2,19,22)/t14-/m0/s1. The van der Waals surface area contributed by atoms with Gasteiger partial charge in [-0.15, -0.1) is 0 Å². The van der Waals surface area contributed by atoms with Gasteiger partial charge in [-0.25, -0.2) is 0 Å². The predicted molar refractivity (Wildman–Crippen MR) is 90.6 cm³/mol. The number of anilines is 1. The second-order valence-corrected chi connectivity index (χ2v) is 5.36. The third-order valence-electron chi connectivity index (χ3n) is 3.58. The molecule has 2 aromatic carbocycles. The van der Waals surface area contributed by atoms with Crippen LogP contribution in [0.5, 0.6) is 0 Å². The third kappa shape index (κ3) is 5.22. The normalized spacial score (nSPS) is 11.9. The van der Waals surface area contributed by atoms with Gasteiger partial charge in [-0.2, -0.15) is 0 Å². The van der Waals surface area contributed by atoms with Gasteiger partial charge in [0.1, 0.15) is 0 Å². The number of nitrogens with two attached hydrogens (primary N) is 1. The van der Waals surface area contributed by atoms with Gasteiger partial charge in [0.25, 0.3) is 0 Å². The highest BCUT2D eigenvalue weighted by molar-refractivity contribution is 5.79. The predicted octanol–water partition coefficient (Wildman–Crippen LogP) is 2.30. The minimum absolute atomic E-state index is 0.285. The highest BCUT2D eigenvalue weighted by Gasteiger charge is 2.06. The lowest BCUT2D eigenvalue weighted by atomic mass is 10.1. The topological polar surface area (TPSA) is 67.2 Å². The first-order valence-corrected chi connectivity index (χ1v) is 7.54. The Morgan fingerprint density at radius 2 is 1.73 bits per heavy atom. The summed E-state index contributed by atoms with van der Waals surface area (Å²) in [5.41, 5.74) is 8.80. The molecule has 1 atom stereocenters. The van der Waals surface area contributed by atoms with E-state index in [0.717, 1.165) is 25.2 Å². The molecule has 0 heterocycles. The Bertz CT molecular complexity index is 581. The lowest BCUT2D eigenvalue weighted by Crippen LogP contribution is -2.39. The van der Waals surface area contributed by atoms with Gasteiger partial charge in [-0.3, -0.25) is 4.79 Å². The highest BCUT2D eigenvalue weighted by atomic mass is 16.1. The smallest absolute Gasteiger partial charge is 0.234 e. The molecule has 0 fully saturated rings. The Kier molecular flexibility index (Phi) is 5.98. The number of benzene rings is 2. The average Bonchev–Trinajstić information content (AvgIpc) is 2.55. The number of carbonyl (C=O) groups is 1. The van der Waals surface area contributed by atoms with Crippen LogP contribution in [0, 0.1) is 0 Å². The second kappa shape index (κ2) is 8.20. The molecule has 2 rings (SSSR count). The highest BCUT2D eigenvalue weighted by Crippen LogP contribution is 2.11. The van der Waals surface area contributed by atoms with E-state index >= 15 is 0 Å². The molecule has 0 saturated carbocycles. The number of amides is 1. The van der Waals surface area contributed by atoms with Crippen molar-refractivity contribution in [2.24, 2.45) is 5.73 Å². The first-order valence-electron chi connectivity index (χ1n) is 7.54. The molecular weight excluding hydrogens is 274 g/mol. The number of primary amides is 1. The number of carbonyl (C=O) groups excluding carboxylic acids is 1. The lowest BCUT2D eigenvalue weighted by Gasteiger charge is -2.10. The molecule has 4 N–H and O–H groups in total. The van der Waals surface area contributed by atoms with E-state index < -0.39 is 0 Å². The van der Waals surface area contributed by atoms with Crippen LogP contribution in [-0.4, -0.2) is 18.5 Å². The molecular formula is C18H23N3O. The van der Waals surface area contributed by atoms with Gasteiger partial charge in [-0.05, 0) is 43.1 Å². The van der Waals surface area contributed by atoms with E-state index in [1.54, 1.807) is 6.92 Å².